The fourth-order valence-electron chi connectivity index (χ4n) is 9.85. The van der Waals surface area contributed by atoms with Crippen molar-refractivity contribution in [3.8, 4) is 0 Å². The summed E-state index contributed by atoms with van der Waals surface area (Å²) < 4.78 is 5.85. The topological polar surface area (TPSA) is 46.5 Å². The molecule has 0 heterocycles. The molecule has 4 aliphatic carbocycles. The van der Waals surface area contributed by atoms with Crippen LogP contribution in [0, 0.1) is 45.8 Å². The summed E-state index contributed by atoms with van der Waals surface area (Å²) in [5.74, 6) is 3.43. The van der Waals surface area contributed by atoms with Crippen LogP contribution in [0.1, 0.15) is 106 Å². The van der Waals surface area contributed by atoms with Gasteiger partial charge in [-0.2, -0.15) is 0 Å². The number of esters is 1. The summed E-state index contributed by atoms with van der Waals surface area (Å²) in [6.07, 6.45) is 11.4. The Morgan fingerprint density at radius 1 is 0.912 bits per heavy atom. The third-order valence-corrected chi connectivity index (χ3v) is 11.7. The Morgan fingerprint density at radius 2 is 1.50 bits per heavy atom. The van der Waals surface area contributed by atoms with Crippen LogP contribution in [0.5, 0.6) is 0 Å². The Kier molecular flexibility index (Phi) is 6.95. The lowest BCUT2D eigenvalue weighted by molar-refractivity contribution is -0.198. The summed E-state index contributed by atoms with van der Waals surface area (Å²) >= 11 is 0. The predicted molar refractivity (Wildman–Crippen MR) is 139 cm³/mol. The molecule has 0 bridgehead atoms. The minimum absolute atomic E-state index is 0.0397. The second-order valence-corrected chi connectivity index (χ2v) is 13.7. The van der Waals surface area contributed by atoms with E-state index in [0.29, 0.717) is 22.7 Å². The molecule has 0 aliphatic heterocycles. The average molecular weight is 471 g/mol. The van der Waals surface area contributed by atoms with Crippen LogP contribution in [0.2, 0.25) is 0 Å². The lowest BCUT2D eigenvalue weighted by atomic mass is 9.40. The highest BCUT2D eigenvalue weighted by molar-refractivity contribution is 5.66. The Bertz CT molecular complexity index is 827. The molecule has 0 amide bonds. The number of allylic oxidation sites excluding steroid dienone is 1. The number of fused-ring (bicyclic) bond motifs is 5. The maximum atomic E-state index is 11.8. The third kappa shape index (κ3) is 4.12. The van der Waals surface area contributed by atoms with Gasteiger partial charge in [-0.25, -0.2) is 0 Å². The zero-order valence-electron chi connectivity index (χ0n) is 22.8. The van der Waals surface area contributed by atoms with Crippen LogP contribution in [0.15, 0.2) is 24.3 Å². The number of aliphatic hydroxyl groups is 1. The second kappa shape index (κ2) is 9.09. The zero-order valence-corrected chi connectivity index (χ0v) is 22.8. The molecule has 0 radical (unpaired) electrons. The van der Waals surface area contributed by atoms with E-state index in [4.69, 9.17) is 4.74 Å². The van der Waals surface area contributed by atoms with Gasteiger partial charge in [-0.1, -0.05) is 52.0 Å². The fourth-order valence-corrected chi connectivity index (χ4v) is 9.85. The van der Waals surface area contributed by atoms with E-state index in [1.165, 1.54) is 50.5 Å². The molecule has 0 saturated heterocycles. The van der Waals surface area contributed by atoms with E-state index in [0.717, 1.165) is 42.6 Å². The van der Waals surface area contributed by atoms with Gasteiger partial charge in [-0.05, 0) is 112 Å². The molecule has 0 aromatic rings. The lowest BCUT2D eigenvalue weighted by Gasteiger charge is -2.65. The third-order valence-electron chi connectivity index (χ3n) is 11.7. The highest BCUT2D eigenvalue weighted by Crippen LogP contribution is 2.71. The molecule has 4 aliphatic rings. The molecule has 4 fully saturated rings. The molecule has 1 N–H and O–H groups in total. The van der Waals surface area contributed by atoms with Crippen molar-refractivity contribution >= 4 is 5.97 Å². The van der Waals surface area contributed by atoms with Gasteiger partial charge < -0.3 is 9.84 Å². The predicted octanol–water partition coefficient (Wildman–Crippen LogP) is 7.49. The van der Waals surface area contributed by atoms with E-state index < -0.39 is 6.10 Å². The van der Waals surface area contributed by atoms with Gasteiger partial charge in [0, 0.05) is 12.3 Å². The van der Waals surface area contributed by atoms with Crippen LogP contribution in [-0.4, -0.2) is 23.3 Å². The van der Waals surface area contributed by atoms with Crippen LogP contribution >= 0.6 is 0 Å². The monoisotopic (exact) mass is 470 g/mol. The Hall–Kier alpha value is -1.09. The average Bonchev–Trinajstić information content (AvgIpc) is 3.11. The number of carbonyl (C=O) groups excluding carboxylic acids is 1. The SMILES string of the molecule is C=C(C)[C@H](O)CCC(=C)[C@H]1CC[C@@]2(C)[C@@H]1CC[C@H]1[C@H]2CC[C@@H]2C(C)(C)[C@H](OC(C)=O)CC[C@@]21C. The molecule has 34 heavy (non-hydrogen) atoms. The Morgan fingerprint density at radius 3 is 2.15 bits per heavy atom. The van der Waals surface area contributed by atoms with Gasteiger partial charge in [-0.15, -0.1) is 0 Å². The molecule has 0 spiro atoms. The van der Waals surface area contributed by atoms with Crippen molar-refractivity contribution < 1.29 is 14.6 Å². The first-order valence-corrected chi connectivity index (χ1v) is 14.0. The minimum atomic E-state index is -0.402. The molecule has 4 saturated carbocycles. The number of rotatable bonds is 6. The zero-order chi connectivity index (χ0) is 25.1. The number of ether oxygens (including phenoxy) is 1. The van der Waals surface area contributed by atoms with Crippen LogP contribution in [0.25, 0.3) is 0 Å². The smallest absolute Gasteiger partial charge is 0.302 e. The number of hydrogen-bond acceptors (Lipinski definition) is 3. The summed E-state index contributed by atoms with van der Waals surface area (Å²) in [6, 6.07) is 0. The fraction of sp³-hybridized carbons (Fsp3) is 0.839. The summed E-state index contributed by atoms with van der Waals surface area (Å²) in [6.45, 7) is 21.9. The molecule has 0 aromatic carbocycles. The van der Waals surface area contributed by atoms with Crippen molar-refractivity contribution in [1.29, 1.82) is 0 Å². The molecule has 9 atom stereocenters. The van der Waals surface area contributed by atoms with Gasteiger partial charge in [0.05, 0.1) is 6.10 Å². The summed E-state index contributed by atoms with van der Waals surface area (Å²) in [4.78, 5) is 11.8. The van der Waals surface area contributed by atoms with E-state index in [9.17, 15) is 9.90 Å². The van der Waals surface area contributed by atoms with Crippen LogP contribution < -0.4 is 0 Å². The van der Waals surface area contributed by atoms with Gasteiger partial charge in [0.15, 0.2) is 0 Å². The van der Waals surface area contributed by atoms with Crippen molar-refractivity contribution in [2.75, 3.05) is 0 Å². The number of hydrogen-bond donors (Lipinski definition) is 1. The standard InChI is InChI=1S/C31H50O3/c1-19(2)26(33)13-9-20(3)22-15-17-30(7)23(22)10-11-25-24(30)12-14-27-29(5,6)28(34-21(4)32)16-18-31(25,27)8/h22-28,33H,1,3,9-18H2,2,4-8H3/t22-,23-,24-,25+,26-,27-,28-,30+,31-/m1/s1. The van der Waals surface area contributed by atoms with E-state index >= 15 is 0 Å². The normalized spacial score (nSPS) is 43.7. The number of carbonyl (C=O) groups is 1. The largest absolute Gasteiger partial charge is 0.462 e. The molecule has 0 unspecified atom stereocenters. The van der Waals surface area contributed by atoms with Gasteiger partial charge >= 0.3 is 5.97 Å². The van der Waals surface area contributed by atoms with Crippen LogP contribution in [0.3, 0.4) is 0 Å². The molecular weight excluding hydrogens is 420 g/mol. The molecular formula is C31H50O3. The highest BCUT2D eigenvalue weighted by Gasteiger charge is 2.64. The first kappa shape index (κ1) is 26.0. The first-order chi connectivity index (χ1) is 15.8. The molecule has 0 aromatic heterocycles. The van der Waals surface area contributed by atoms with Gasteiger partial charge in [0.25, 0.3) is 0 Å². The van der Waals surface area contributed by atoms with E-state index in [-0.39, 0.29) is 17.5 Å². The van der Waals surface area contributed by atoms with Crippen molar-refractivity contribution in [2.24, 2.45) is 45.8 Å². The number of aliphatic hydroxyl groups excluding tert-OH is 1. The van der Waals surface area contributed by atoms with E-state index in [2.05, 4.69) is 40.9 Å². The maximum Gasteiger partial charge on any atom is 0.302 e. The summed E-state index contributed by atoms with van der Waals surface area (Å²) in [7, 11) is 0. The molecule has 4 rings (SSSR count). The van der Waals surface area contributed by atoms with E-state index in [1.54, 1.807) is 6.92 Å². The van der Waals surface area contributed by atoms with Gasteiger partial charge in [0.1, 0.15) is 6.10 Å². The van der Waals surface area contributed by atoms with Crippen molar-refractivity contribution in [3.05, 3.63) is 24.3 Å². The summed E-state index contributed by atoms with van der Waals surface area (Å²) in [5, 5.41) is 10.2. The second-order valence-electron chi connectivity index (χ2n) is 13.7. The van der Waals surface area contributed by atoms with Crippen LogP contribution in [0.4, 0.5) is 0 Å². The first-order valence-electron chi connectivity index (χ1n) is 14.0. The van der Waals surface area contributed by atoms with E-state index in [1.807, 2.05) is 6.92 Å². The molecule has 3 nitrogen and oxygen atoms in total. The summed E-state index contributed by atoms with van der Waals surface area (Å²) in [5.41, 5.74) is 3.03. The minimum Gasteiger partial charge on any atom is -0.462 e. The van der Waals surface area contributed by atoms with Crippen molar-refractivity contribution in [2.45, 2.75) is 118 Å². The Balaban J connectivity index is 1.50. The highest BCUT2D eigenvalue weighted by atomic mass is 16.5. The van der Waals surface area contributed by atoms with Crippen LogP contribution in [-0.2, 0) is 9.53 Å². The maximum absolute atomic E-state index is 11.8. The molecule has 192 valence electrons. The quantitative estimate of drug-likeness (QED) is 0.323. The Labute approximate surface area is 208 Å². The molecule has 3 heteroatoms. The van der Waals surface area contributed by atoms with Gasteiger partial charge in [-0.3, -0.25) is 4.79 Å². The van der Waals surface area contributed by atoms with Gasteiger partial charge in [0.2, 0.25) is 0 Å². The lowest BCUT2D eigenvalue weighted by Crippen LogP contribution is -2.60. The van der Waals surface area contributed by atoms with Crippen molar-refractivity contribution in [3.63, 3.8) is 0 Å². The van der Waals surface area contributed by atoms with Crippen molar-refractivity contribution in [1.82, 2.24) is 0 Å².